The minimum atomic E-state index is -0.0501. The van der Waals surface area contributed by atoms with E-state index in [0.29, 0.717) is 43.1 Å². The fourth-order valence-corrected chi connectivity index (χ4v) is 4.68. The molecule has 0 amide bonds. The predicted molar refractivity (Wildman–Crippen MR) is 114 cm³/mol. The Kier molecular flexibility index (Phi) is 7.12. The molecule has 2 rings (SSSR count). The number of nitrogens with zero attached hydrogens (tertiary/aromatic N) is 1. The van der Waals surface area contributed by atoms with Gasteiger partial charge in [0.05, 0.1) is 11.3 Å². The standard InChI is InChI=1S/C22H32BrNO3/c1-7-9-17(24-27-8-2)20-18(25)10-15(11-19(20)26)16-12-22(5,6)14(4)13(3)21(16)23/h12,14-15,25H,7-11H2,1-6H3. The summed E-state index contributed by atoms with van der Waals surface area (Å²) in [6.07, 6.45) is 4.56. The third kappa shape index (κ3) is 4.56. The number of hydrogen-bond donors (Lipinski definition) is 1. The molecule has 0 saturated heterocycles. The number of allylic oxidation sites excluding steroid dienone is 6. The molecule has 0 spiro atoms. The Bertz CT molecular complexity index is 728. The Balaban J connectivity index is 2.39. The second kappa shape index (κ2) is 8.76. The fourth-order valence-electron chi connectivity index (χ4n) is 3.90. The van der Waals surface area contributed by atoms with Crippen LogP contribution in [0.2, 0.25) is 0 Å². The van der Waals surface area contributed by atoms with E-state index in [-0.39, 0.29) is 22.9 Å². The zero-order valence-corrected chi connectivity index (χ0v) is 18.9. The fraction of sp³-hybridized carbons (Fsp3) is 0.636. The van der Waals surface area contributed by atoms with Gasteiger partial charge in [-0.15, -0.1) is 0 Å². The Labute approximate surface area is 171 Å². The van der Waals surface area contributed by atoms with Crippen LogP contribution in [0, 0.1) is 17.3 Å². The summed E-state index contributed by atoms with van der Waals surface area (Å²) in [6.45, 7) is 13.1. The van der Waals surface area contributed by atoms with Crippen molar-refractivity contribution in [1.29, 1.82) is 0 Å². The van der Waals surface area contributed by atoms with E-state index < -0.39 is 0 Å². The molecule has 27 heavy (non-hydrogen) atoms. The maximum absolute atomic E-state index is 12.9. The zero-order chi connectivity index (χ0) is 20.4. The maximum atomic E-state index is 12.9. The summed E-state index contributed by atoms with van der Waals surface area (Å²) in [6, 6.07) is 0. The first-order valence-corrected chi connectivity index (χ1v) is 10.7. The van der Waals surface area contributed by atoms with E-state index in [4.69, 9.17) is 4.84 Å². The van der Waals surface area contributed by atoms with Gasteiger partial charge >= 0.3 is 0 Å². The van der Waals surface area contributed by atoms with E-state index in [1.54, 1.807) is 0 Å². The summed E-state index contributed by atoms with van der Waals surface area (Å²) in [5.74, 6) is 0.487. The van der Waals surface area contributed by atoms with Gasteiger partial charge in [-0.05, 0) is 43.1 Å². The number of aliphatic hydroxyl groups excluding tert-OH is 1. The van der Waals surface area contributed by atoms with Gasteiger partial charge in [-0.1, -0.05) is 66.9 Å². The number of ketones is 1. The highest BCUT2D eigenvalue weighted by molar-refractivity contribution is 9.12. The summed E-state index contributed by atoms with van der Waals surface area (Å²) >= 11 is 3.75. The molecule has 150 valence electrons. The lowest BCUT2D eigenvalue weighted by Gasteiger charge is -2.38. The third-order valence-corrected chi connectivity index (χ3v) is 6.93. The van der Waals surface area contributed by atoms with Crippen LogP contribution >= 0.6 is 15.9 Å². The number of aliphatic hydroxyl groups is 1. The van der Waals surface area contributed by atoms with Crippen LogP contribution < -0.4 is 0 Å². The Morgan fingerprint density at radius 3 is 2.59 bits per heavy atom. The molecule has 0 aliphatic heterocycles. The highest BCUT2D eigenvalue weighted by Crippen LogP contribution is 2.48. The number of halogens is 1. The molecule has 0 saturated carbocycles. The molecule has 0 radical (unpaired) electrons. The van der Waals surface area contributed by atoms with Crippen molar-refractivity contribution >= 4 is 27.4 Å². The van der Waals surface area contributed by atoms with E-state index in [1.165, 1.54) is 5.57 Å². The van der Waals surface area contributed by atoms with Crippen LogP contribution in [0.15, 0.2) is 38.2 Å². The smallest absolute Gasteiger partial charge is 0.168 e. The molecule has 0 aromatic rings. The number of hydrogen-bond acceptors (Lipinski definition) is 4. The van der Waals surface area contributed by atoms with E-state index >= 15 is 0 Å². The van der Waals surface area contributed by atoms with Crippen LogP contribution in [0.3, 0.4) is 0 Å². The summed E-state index contributed by atoms with van der Waals surface area (Å²) in [4.78, 5) is 18.1. The lowest BCUT2D eigenvalue weighted by atomic mass is 9.68. The molecule has 1 N–H and O–H groups in total. The summed E-state index contributed by atoms with van der Waals surface area (Å²) < 4.78 is 1.08. The van der Waals surface area contributed by atoms with Crippen molar-refractivity contribution < 1.29 is 14.7 Å². The van der Waals surface area contributed by atoms with Crippen molar-refractivity contribution in [2.24, 2.45) is 22.4 Å². The van der Waals surface area contributed by atoms with E-state index in [0.717, 1.165) is 16.5 Å². The minimum absolute atomic E-state index is 0.0170. The van der Waals surface area contributed by atoms with E-state index in [9.17, 15) is 9.90 Å². The molecule has 0 fully saturated rings. The van der Waals surface area contributed by atoms with Gasteiger partial charge in [-0.25, -0.2) is 0 Å². The quantitative estimate of drug-likeness (QED) is 0.394. The first-order chi connectivity index (χ1) is 12.6. The number of rotatable bonds is 6. The van der Waals surface area contributed by atoms with E-state index in [2.05, 4.69) is 54.9 Å². The summed E-state index contributed by atoms with van der Waals surface area (Å²) in [5.41, 5.74) is 3.38. The van der Waals surface area contributed by atoms with Crippen LogP contribution in [0.1, 0.15) is 67.2 Å². The van der Waals surface area contributed by atoms with Gasteiger partial charge in [-0.2, -0.15) is 0 Å². The van der Waals surface area contributed by atoms with Crippen LogP contribution in [0.5, 0.6) is 0 Å². The van der Waals surface area contributed by atoms with Crippen LogP contribution in [0.25, 0.3) is 0 Å². The molecule has 0 aromatic carbocycles. The van der Waals surface area contributed by atoms with Crippen molar-refractivity contribution in [3.8, 4) is 0 Å². The molecule has 2 aliphatic rings. The monoisotopic (exact) mass is 437 g/mol. The second-order valence-corrected chi connectivity index (χ2v) is 8.99. The van der Waals surface area contributed by atoms with E-state index in [1.807, 2.05) is 13.8 Å². The number of carbonyl (C=O) groups excluding carboxylic acids is 1. The van der Waals surface area contributed by atoms with Crippen molar-refractivity contribution in [3.05, 3.63) is 33.0 Å². The Morgan fingerprint density at radius 2 is 2.04 bits per heavy atom. The van der Waals surface area contributed by atoms with Gasteiger partial charge in [0.25, 0.3) is 0 Å². The first kappa shape index (κ1) is 21.9. The number of carbonyl (C=O) groups is 1. The summed E-state index contributed by atoms with van der Waals surface area (Å²) in [5, 5.41) is 14.8. The first-order valence-electron chi connectivity index (χ1n) is 9.87. The second-order valence-electron chi connectivity index (χ2n) is 8.20. The molecule has 5 heteroatoms. The van der Waals surface area contributed by atoms with Crippen molar-refractivity contribution in [1.82, 2.24) is 0 Å². The van der Waals surface area contributed by atoms with Crippen molar-refractivity contribution in [2.45, 2.75) is 67.2 Å². The molecule has 2 unspecified atom stereocenters. The van der Waals surface area contributed by atoms with Gasteiger partial charge in [-0.3, -0.25) is 4.79 Å². The molecule has 0 bridgehead atoms. The topological polar surface area (TPSA) is 58.9 Å². The van der Waals surface area contributed by atoms with Gasteiger partial charge in [0.15, 0.2) is 5.78 Å². The lowest BCUT2D eigenvalue weighted by molar-refractivity contribution is -0.116. The van der Waals surface area contributed by atoms with Crippen LogP contribution in [0.4, 0.5) is 0 Å². The normalized spacial score (nSPS) is 26.4. The van der Waals surface area contributed by atoms with Crippen LogP contribution in [-0.2, 0) is 9.63 Å². The highest BCUT2D eigenvalue weighted by Gasteiger charge is 2.38. The van der Waals surface area contributed by atoms with Gasteiger partial charge in [0.2, 0.25) is 0 Å². The minimum Gasteiger partial charge on any atom is -0.511 e. The largest absolute Gasteiger partial charge is 0.511 e. The average Bonchev–Trinajstić information content (AvgIpc) is 2.60. The van der Waals surface area contributed by atoms with Crippen molar-refractivity contribution in [3.63, 3.8) is 0 Å². The molecule has 0 aromatic heterocycles. The van der Waals surface area contributed by atoms with Gasteiger partial charge in [0.1, 0.15) is 12.4 Å². The zero-order valence-electron chi connectivity index (χ0n) is 17.4. The SMILES string of the molecule is CCCC(=NOCC)C1=C(O)CC(C2=CC(C)(C)C(C)C(C)=C2Br)CC1=O. The predicted octanol–water partition coefficient (Wildman–Crippen LogP) is 6.24. The Morgan fingerprint density at radius 1 is 1.37 bits per heavy atom. The number of Topliss-reactive ketones (excluding diaryl/α,β-unsaturated/α-hetero) is 1. The lowest BCUT2D eigenvalue weighted by Crippen LogP contribution is -2.30. The highest BCUT2D eigenvalue weighted by atomic mass is 79.9. The third-order valence-electron chi connectivity index (χ3n) is 5.85. The molecule has 0 heterocycles. The molecule has 2 aliphatic carbocycles. The molecule has 4 nitrogen and oxygen atoms in total. The molecular formula is C22H32BrNO3. The molecular weight excluding hydrogens is 406 g/mol. The van der Waals surface area contributed by atoms with Gasteiger partial charge in [0, 0.05) is 17.3 Å². The average molecular weight is 438 g/mol. The number of oxime groups is 1. The van der Waals surface area contributed by atoms with Crippen LogP contribution in [-0.4, -0.2) is 23.2 Å². The van der Waals surface area contributed by atoms with Gasteiger partial charge < -0.3 is 9.94 Å². The maximum Gasteiger partial charge on any atom is 0.168 e. The molecule has 2 atom stereocenters. The Hall–Kier alpha value is -1.36. The van der Waals surface area contributed by atoms with Crippen molar-refractivity contribution in [2.75, 3.05) is 6.61 Å². The summed E-state index contributed by atoms with van der Waals surface area (Å²) in [7, 11) is 0.